The monoisotopic (exact) mass is 307 g/mol. The van der Waals surface area contributed by atoms with Gasteiger partial charge in [-0.25, -0.2) is 0 Å². The van der Waals surface area contributed by atoms with Crippen LogP contribution in [-0.4, -0.2) is 29.3 Å². The van der Waals surface area contributed by atoms with E-state index in [4.69, 9.17) is 0 Å². The van der Waals surface area contributed by atoms with E-state index >= 15 is 0 Å². The largest absolute Gasteiger partial charge is 0.356 e. The number of guanidine groups is 1. The van der Waals surface area contributed by atoms with Crippen molar-refractivity contribution in [3.63, 3.8) is 0 Å². The van der Waals surface area contributed by atoms with Crippen molar-refractivity contribution in [1.29, 1.82) is 0 Å². The molecule has 0 aliphatic rings. The van der Waals surface area contributed by atoms with E-state index in [-0.39, 0.29) is 0 Å². The fourth-order valence-electron chi connectivity index (χ4n) is 2.44. The third kappa shape index (κ3) is 8.70. The SMILES string of the molecule is CCCCCCCCCCNC(=NC)NCc1cnn(C)c1. The van der Waals surface area contributed by atoms with Gasteiger partial charge in [0, 0.05) is 38.9 Å². The van der Waals surface area contributed by atoms with E-state index in [1.54, 1.807) is 0 Å². The molecule has 5 nitrogen and oxygen atoms in total. The molecule has 0 spiro atoms. The molecule has 126 valence electrons. The molecule has 1 rings (SSSR count). The molecule has 0 radical (unpaired) electrons. The van der Waals surface area contributed by atoms with Crippen LogP contribution in [0.3, 0.4) is 0 Å². The Hall–Kier alpha value is -1.52. The van der Waals surface area contributed by atoms with Gasteiger partial charge in [-0.15, -0.1) is 0 Å². The molecule has 0 atom stereocenters. The molecule has 0 fully saturated rings. The van der Waals surface area contributed by atoms with E-state index in [1.807, 2.05) is 31.2 Å². The van der Waals surface area contributed by atoms with Crippen LogP contribution in [0.1, 0.15) is 63.9 Å². The van der Waals surface area contributed by atoms with Crippen LogP contribution in [0.5, 0.6) is 0 Å². The van der Waals surface area contributed by atoms with Crippen molar-refractivity contribution < 1.29 is 0 Å². The highest BCUT2D eigenvalue weighted by Crippen LogP contribution is 2.07. The van der Waals surface area contributed by atoms with Crippen molar-refractivity contribution >= 4 is 5.96 Å². The molecule has 1 aromatic rings. The highest BCUT2D eigenvalue weighted by Gasteiger charge is 1.99. The first-order chi connectivity index (χ1) is 10.8. The highest BCUT2D eigenvalue weighted by molar-refractivity contribution is 5.79. The van der Waals surface area contributed by atoms with Gasteiger partial charge in [0.05, 0.1) is 6.20 Å². The van der Waals surface area contributed by atoms with Gasteiger partial charge in [0.2, 0.25) is 0 Å². The van der Waals surface area contributed by atoms with E-state index < -0.39 is 0 Å². The number of aryl methyl sites for hydroxylation is 1. The lowest BCUT2D eigenvalue weighted by Gasteiger charge is -2.11. The number of aromatic nitrogens is 2. The second-order valence-corrected chi connectivity index (χ2v) is 5.85. The quantitative estimate of drug-likeness (QED) is 0.375. The van der Waals surface area contributed by atoms with Crippen LogP contribution in [0.4, 0.5) is 0 Å². The van der Waals surface area contributed by atoms with Crippen LogP contribution in [0.25, 0.3) is 0 Å². The van der Waals surface area contributed by atoms with Crippen LogP contribution in [0, 0.1) is 0 Å². The summed E-state index contributed by atoms with van der Waals surface area (Å²) in [6, 6.07) is 0. The Bertz CT molecular complexity index is 411. The molecule has 1 aromatic heterocycles. The molecule has 0 saturated carbocycles. The van der Waals surface area contributed by atoms with Crippen LogP contribution >= 0.6 is 0 Å². The van der Waals surface area contributed by atoms with E-state index in [2.05, 4.69) is 27.6 Å². The minimum absolute atomic E-state index is 0.755. The molecule has 0 unspecified atom stereocenters. The Balaban J connectivity index is 2.00. The maximum Gasteiger partial charge on any atom is 0.191 e. The number of hydrogen-bond donors (Lipinski definition) is 2. The summed E-state index contributed by atoms with van der Waals surface area (Å²) in [6.07, 6.45) is 14.7. The smallest absolute Gasteiger partial charge is 0.191 e. The lowest BCUT2D eigenvalue weighted by atomic mass is 10.1. The first-order valence-corrected chi connectivity index (χ1v) is 8.68. The Kier molecular flexibility index (Phi) is 10.2. The van der Waals surface area contributed by atoms with E-state index in [9.17, 15) is 0 Å². The Labute approximate surface area is 135 Å². The maximum absolute atomic E-state index is 4.24. The lowest BCUT2D eigenvalue weighted by molar-refractivity contribution is 0.571. The van der Waals surface area contributed by atoms with E-state index in [0.29, 0.717) is 0 Å². The summed E-state index contributed by atoms with van der Waals surface area (Å²) in [5.74, 6) is 0.867. The van der Waals surface area contributed by atoms with Gasteiger partial charge in [-0.05, 0) is 6.42 Å². The highest BCUT2D eigenvalue weighted by atomic mass is 15.2. The second kappa shape index (κ2) is 12.1. The molecule has 2 N–H and O–H groups in total. The molecular formula is C17H33N5. The molecular weight excluding hydrogens is 274 g/mol. The molecule has 1 heterocycles. The Morgan fingerprint density at radius 1 is 1.09 bits per heavy atom. The first-order valence-electron chi connectivity index (χ1n) is 8.68. The normalized spacial score (nSPS) is 11.7. The van der Waals surface area contributed by atoms with Crippen molar-refractivity contribution in [1.82, 2.24) is 20.4 Å². The zero-order valence-corrected chi connectivity index (χ0v) is 14.6. The van der Waals surface area contributed by atoms with Gasteiger partial charge < -0.3 is 10.6 Å². The van der Waals surface area contributed by atoms with Crippen molar-refractivity contribution in [2.75, 3.05) is 13.6 Å². The summed E-state index contributed by atoms with van der Waals surface area (Å²) in [4.78, 5) is 4.24. The van der Waals surface area contributed by atoms with Gasteiger partial charge >= 0.3 is 0 Å². The number of nitrogens with one attached hydrogen (secondary N) is 2. The third-order valence-electron chi connectivity index (χ3n) is 3.76. The van der Waals surface area contributed by atoms with Crippen molar-refractivity contribution in [2.24, 2.45) is 12.0 Å². The Morgan fingerprint density at radius 3 is 2.36 bits per heavy atom. The summed E-state index contributed by atoms with van der Waals surface area (Å²) in [6.45, 7) is 4.01. The van der Waals surface area contributed by atoms with Gasteiger partial charge in [-0.2, -0.15) is 5.10 Å². The van der Waals surface area contributed by atoms with Crippen LogP contribution < -0.4 is 10.6 Å². The molecule has 0 aliphatic heterocycles. The predicted molar refractivity (Wildman–Crippen MR) is 94.0 cm³/mol. The third-order valence-corrected chi connectivity index (χ3v) is 3.76. The van der Waals surface area contributed by atoms with Crippen molar-refractivity contribution in [3.05, 3.63) is 18.0 Å². The topological polar surface area (TPSA) is 54.2 Å². The standard InChI is InChI=1S/C17H33N5/c1-4-5-6-7-8-9-10-11-12-19-17(18-2)20-13-16-14-21-22(3)15-16/h14-15H,4-13H2,1-3H3,(H2,18,19,20). The summed E-state index contributed by atoms with van der Waals surface area (Å²) in [7, 11) is 3.74. The van der Waals surface area contributed by atoms with Crippen LogP contribution in [0.2, 0.25) is 0 Å². The summed E-state index contributed by atoms with van der Waals surface area (Å²) < 4.78 is 1.81. The minimum atomic E-state index is 0.755. The van der Waals surface area contributed by atoms with Gasteiger partial charge in [0.25, 0.3) is 0 Å². The average molecular weight is 307 g/mol. The zero-order chi connectivity index (χ0) is 16.0. The summed E-state index contributed by atoms with van der Waals surface area (Å²) in [5.41, 5.74) is 1.16. The number of unbranched alkanes of at least 4 members (excludes halogenated alkanes) is 7. The number of aliphatic imine (C=N–C) groups is 1. The summed E-state index contributed by atoms with van der Waals surface area (Å²) in [5, 5.41) is 10.8. The second-order valence-electron chi connectivity index (χ2n) is 5.85. The Morgan fingerprint density at radius 2 is 1.77 bits per heavy atom. The lowest BCUT2D eigenvalue weighted by Crippen LogP contribution is -2.37. The van der Waals surface area contributed by atoms with Gasteiger partial charge in [0.1, 0.15) is 0 Å². The first kappa shape index (κ1) is 18.5. The van der Waals surface area contributed by atoms with Crippen molar-refractivity contribution in [3.8, 4) is 0 Å². The minimum Gasteiger partial charge on any atom is -0.356 e. The van der Waals surface area contributed by atoms with Crippen LogP contribution in [-0.2, 0) is 13.6 Å². The van der Waals surface area contributed by atoms with Gasteiger partial charge in [-0.1, -0.05) is 51.9 Å². The molecule has 5 heteroatoms. The van der Waals surface area contributed by atoms with Crippen LogP contribution in [0.15, 0.2) is 17.4 Å². The van der Waals surface area contributed by atoms with E-state index in [1.165, 1.54) is 51.4 Å². The van der Waals surface area contributed by atoms with Crippen molar-refractivity contribution in [2.45, 2.75) is 64.8 Å². The fraction of sp³-hybridized carbons (Fsp3) is 0.765. The van der Waals surface area contributed by atoms with Gasteiger partial charge in [0.15, 0.2) is 5.96 Å². The van der Waals surface area contributed by atoms with Gasteiger partial charge in [-0.3, -0.25) is 9.67 Å². The maximum atomic E-state index is 4.24. The molecule has 0 aromatic carbocycles. The predicted octanol–water partition coefficient (Wildman–Crippen LogP) is 3.23. The molecule has 0 aliphatic carbocycles. The number of hydrogen-bond acceptors (Lipinski definition) is 2. The molecule has 22 heavy (non-hydrogen) atoms. The zero-order valence-electron chi connectivity index (χ0n) is 14.6. The fourth-order valence-corrected chi connectivity index (χ4v) is 2.44. The van der Waals surface area contributed by atoms with E-state index in [0.717, 1.165) is 24.6 Å². The number of rotatable bonds is 11. The molecule has 0 saturated heterocycles. The molecule has 0 amide bonds. The average Bonchev–Trinajstić information content (AvgIpc) is 2.94. The number of nitrogens with zero attached hydrogens (tertiary/aromatic N) is 3. The summed E-state index contributed by atoms with van der Waals surface area (Å²) >= 11 is 0. The molecule has 0 bridgehead atoms.